The van der Waals surface area contributed by atoms with Crippen LogP contribution in [-0.4, -0.2) is 21.0 Å². The van der Waals surface area contributed by atoms with Crippen LogP contribution in [0.15, 0.2) is 23.7 Å². The number of nitro benzene ring substituents is 1. The van der Waals surface area contributed by atoms with Gasteiger partial charge in [0.1, 0.15) is 16.8 Å². The number of nitrogens with two attached hydrogens (primary N) is 1. The predicted octanol–water partition coefficient (Wildman–Crippen LogP) is 0.984. The molecule has 19 heavy (non-hydrogen) atoms. The zero-order chi connectivity index (χ0) is 13.8. The van der Waals surface area contributed by atoms with Crippen molar-refractivity contribution in [2.24, 2.45) is 5.84 Å². The molecule has 0 bridgehead atoms. The summed E-state index contributed by atoms with van der Waals surface area (Å²) in [6.45, 7) is 0. The lowest BCUT2D eigenvalue weighted by Crippen LogP contribution is -2.16. The lowest BCUT2D eigenvalue weighted by Gasteiger charge is -2.06. The first kappa shape index (κ1) is 12.9. The van der Waals surface area contributed by atoms with Gasteiger partial charge < -0.3 is 5.43 Å². The van der Waals surface area contributed by atoms with Crippen LogP contribution in [-0.2, 0) is 0 Å². The summed E-state index contributed by atoms with van der Waals surface area (Å²) in [6, 6.07) is 4.21. The van der Waals surface area contributed by atoms with E-state index in [-0.39, 0.29) is 16.4 Å². The molecule has 2 aromatic rings. The molecule has 0 saturated heterocycles. The molecule has 4 N–H and O–H groups in total. The van der Waals surface area contributed by atoms with Gasteiger partial charge in [0.25, 0.3) is 5.91 Å². The van der Waals surface area contributed by atoms with Crippen molar-refractivity contribution < 1.29 is 9.72 Å². The molecular weight excluding hydrogens is 272 g/mol. The fourth-order valence-corrected chi connectivity index (χ4v) is 1.87. The number of hydrogen-bond acceptors (Lipinski definition) is 8. The lowest BCUT2D eigenvalue weighted by molar-refractivity contribution is -0.384. The van der Waals surface area contributed by atoms with Crippen molar-refractivity contribution in [3.05, 3.63) is 39.4 Å². The summed E-state index contributed by atoms with van der Waals surface area (Å²) in [5, 5.41) is 20.9. The average Bonchev–Trinajstić information content (AvgIpc) is 2.90. The Morgan fingerprint density at radius 1 is 1.47 bits per heavy atom. The molecule has 1 aromatic carbocycles. The van der Waals surface area contributed by atoms with Gasteiger partial charge in [-0.3, -0.25) is 26.1 Å². The van der Waals surface area contributed by atoms with Crippen LogP contribution in [0.5, 0.6) is 0 Å². The zero-order valence-electron chi connectivity index (χ0n) is 9.36. The smallest absolute Gasteiger partial charge is 0.306 e. The number of nitro groups is 1. The highest BCUT2D eigenvalue weighted by atomic mass is 32.1. The second-order valence-corrected chi connectivity index (χ2v) is 4.13. The van der Waals surface area contributed by atoms with Gasteiger partial charge in [-0.05, 0) is 12.1 Å². The van der Waals surface area contributed by atoms with Gasteiger partial charge in [-0.25, -0.2) is 0 Å². The SMILES string of the molecule is NNc1cccc(C(=O)Nc2nncs2)c1[N+](=O)[O-]. The fourth-order valence-electron chi connectivity index (χ4n) is 1.43. The van der Waals surface area contributed by atoms with E-state index in [1.165, 1.54) is 23.7 Å². The van der Waals surface area contributed by atoms with E-state index in [1.54, 1.807) is 0 Å². The van der Waals surface area contributed by atoms with Crippen molar-refractivity contribution in [2.75, 3.05) is 10.7 Å². The van der Waals surface area contributed by atoms with Gasteiger partial charge in [-0.1, -0.05) is 17.4 Å². The van der Waals surface area contributed by atoms with E-state index in [9.17, 15) is 14.9 Å². The van der Waals surface area contributed by atoms with Gasteiger partial charge in [0.15, 0.2) is 0 Å². The van der Waals surface area contributed by atoms with Crippen LogP contribution in [0.2, 0.25) is 0 Å². The van der Waals surface area contributed by atoms with Crippen LogP contribution >= 0.6 is 11.3 Å². The Labute approximate surface area is 110 Å². The van der Waals surface area contributed by atoms with Crippen LogP contribution in [0.4, 0.5) is 16.5 Å². The number of rotatable bonds is 4. The number of nitrogens with zero attached hydrogens (tertiary/aromatic N) is 3. The number of hydrogen-bond donors (Lipinski definition) is 3. The van der Waals surface area contributed by atoms with E-state index < -0.39 is 16.5 Å². The van der Waals surface area contributed by atoms with Gasteiger partial charge in [-0.2, -0.15) is 0 Å². The molecular formula is C9H8N6O3S. The Morgan fingerprint density at radius 2 is 2.26 bits per heavy atom. The molecule has 0 atom stereocenters. The van der Waals surface area contributed by atoms with Crippen molar-refractivity contribution in [3.8, 4) is 0 Å². The second-order valence-electron chi connectivity index (χ2n) is 3.30. The maximum atomic E-state index is 12.0. The largest absolute Gasteiger partial charge is 0.318 e. The summed E-state index contributed by atoms with van der Waals surface area (Å²) in [7, 11) is 0. The molecule has 0 fully saturated rings. The van der Waals surface area contributed by atoms with Crippen molar-refractivity contribution in [3.63, 3.8) is 0 Å². The van der Waals surface area contributed by atoms with E-state index >= 15 is 0 Å². The van der Waals surface area contributed by atoms with Crippen LogP contribution < -0.4 is 16.6 Å². The maximum Gasteiger partial charge on any atom is 0.306 e. The Hall–Kier alpha value is -2.59. The predicted molar refractivity (Wildman–Crippen MR) is 68.8 cm³/mol. The molecule has 98 valence electrons. The summed E-state index contributed by atoms with van der Waals surface area (Å²) >= 11 is 1.11. The first-order valence-corrected chi connectivity index (χ1v) is 5.83. The molecule has 0 aliphatic carbocycles. The summed E-state index contributed by atoms with van der Waals surface area (Å²) in [6.07, 6.45) is 0. The molecule has 1 amide bonds. The molecule has 10 heteroatoms. The van der Waals surface area contributed by atoms with Crippen molar-refractivity contribution in [1.82, 2.24) is 10.2 Å². The third kappa shape index (κ3) is 2.64. The molecule has 0 aliphatic rings. The summed E-state index contributed by atoms with van der Waals surface area (Å²) < 4.78 is 0. The normalized spacial score (nSPS) is 9.95. The number of benzene rings is 1. The average molecular weight is 280 g/mol. The minimum Gasteiger partial charge on any atom is -0.318 e. The quantitative estimate of drug-likeness (QED) is 0.431. The zero-order valence-corrected chi connectivity index (χ0v) is 10.2. The standard InChI is InChI=1S/C9H8N6O3S/c10-13-6-3-1-2-5(7(6)15(17)18)8(16)12-9-14-11-4-19-9/h1-4,13H,10H2,(H,12,14,16). The number of aromatic nitrogens is 2. The van der Waals surface area contributed by atoms with E-state index in [1.807, 2.05) is 0 Å². The molecule has 0 unspecified atom stereocenters. The molecule has 1 aromatic heterocycles. The number of nitrogens with one attached hydrogen (secondary N) is 2. The fraction of sp³-hybridized carbons (Fsp3) is 0. The molecule has 0 aliphatic heterocycles. The highest BCUT2D eigenvalue weighted by molar-refractivity contribution is 7.13. The number of anilines is 2. The number of carbonyl (C=O) groups excluding carboxylic acids is 1. The number of hydrazine groups is 1. The van der Waals surface area contributed by atoms with Crippen LogP contribution in [0, 0.1) is 10.1 Å². The van der Waals surface area contributed by atoms with Gasteiger partial charge >= 0.3 is 5.69 Å². The molecule has 0 saturated carbocycles. The molecule has 0 radical (unpaired) electrons. The summed E-state index contributed by atoms with van der Waals surface area (Å²) in [5.74, 6) is 4.53. The monoisotopic (exact) mass is 280 g/mol. The van der Waals surface area contributed by atoms with Crippen LogP contribution in [0.1, 0.15) is 10.4 Å². The maximum absolute atomic E-state index is 12.0. The summed E-state index contributed by atoms with van der Waals surface area (Å²) in [5.41, 5.74) is 3.16. The lowest BCUT2D eigenvalue weighted by atomic mass is 10.1. The van der Waals surface area contributed by atoms with E-state index in [2.05, 4.69) is 20.9 Å². The van der Waals surface area contributed by atoms with E-state index in [0.29, 0.717) is 0 Å². The number of para-hydroxylation sites is 1. The Bertz CT molecular complexity index is 614. The summed E-state index contributed by atoms with van der Waals surface area (Å²) in [4.78, 5) is 22.3. The molecule has 1 heterocycles. The number of amides is 1. The Kier molecular flexibility index (Phi) is 3.63. The molecule has 2 rings (SSSR count). The number of nitrogen functional groups attached to an aromatic ring is 1. The molecule has 0 spiro atoms. The first-order valence-electron chi connectivity index (χ1n) is 4.95. The highest BCUT2D eigenvalue weighted by Gasteiger charge is 2.24. The van der Waals surface area contributed by atoms with Crippen molar-refractivity contribution >= 4 is 33.8 Å². The van der Waals surface area contributed by atoms with Gasteiger partial charge in [0.05, 0.1) is 4.92 Å². The van der Waals surface area contributed by atoms with Crippen LogP contribution in [0.25, 0.3) is 0 Å². The highest BCUT2D eigenvalue weighted by Crippen LogP contribution is 2.28. The van der Waals surface area contributed by atoms with Crippen LogP contribution in [0.3, 0.4) is 0 Å². The number of carbonyl (C=O) groups is 1. The van der Waals surface area contributed by atoms with Gasteiger partial charge in [0.2, 0.25) is 5.13 Å². The first-order chi connectivity index (χ1) is 9.13. The Balaban J connectivity index is 2.38. The molecule has 9 nitrogen and oxygen atoms in total. The van der Waals surface area contributed by atoms with E-state index in [4.69, 9.17) is 5.84 Å². The third-order valence-corrected chi connectivity index (χ3v) is 2.81. The van der Waals surface area contributed by atoms with E-state index in [0.717, 1.165) is 11.3 Å². The van der Waals surface area contributed by atoms with Crippen molar-refractivity contribution in [1.29, 1.82) is 0 Å². The van der Waals surface area contributed by atoms with Gasteiger partial charge in [0, 0.05) is 0 Å². The Morgan fingerprint density at radius 3 is 2.84 bits per heavy atom. The topological polar surface area (TPSA) is 136 Å². The third-order valence-electron chi connectivity index (χ3n) is 2.20. The second kappa shape index (κ2) is 5.37. The van der Waals surface area contributed by atoms with Crippen molar-refractivity contribution in [2.45, 2.75) is 0 Å². The minimum atomic E-state index is -0.676. The minimum absolute atomic E-state index is 0.0508. The van der Waals surface area contributed by atoms with Gasteiger partial charge in [-0.15, -0.1) is 10.2 Å².